The number of nitrogens with one attached hydrogen (secondary N) is 1. The Bertz CT molecular complexity index is 254. The molecule has 0 aliphatic heterocycles. The van der Waals surface area contributed by atoms with E-state index in [4.69, 9.17) is 0 Å². The van der Waals surface area contributed by atoms with Gasteiger partial charge in [0.1, 0.15) is 5.69 Å². The van der Waals surface area contributed by atoms with E-state index in [1.807, 2.05) is 0 Å². The molecule has 2 nitrogen and oxygen atoms in total. The summed E-state index contributed by atoms with van der Waals surface area (Å²) < 4.78 is 25.7. The van der Waals surface area contributed by atoms with Gasteiger partial charge in [-0.25, -0.2) is 8.78 Å². The Kier molecular flexibility index (Phi) is 2.58. The molecule has 0 bridgehead atoms. The second kappa shape index (κ2) is 3.47. The van der Waals surface area contributed by atoms with Crippen molar-refractivity contribution in [3.05, 3.63) is 24.0 Å². The fourth-order valence-electron chi connectivity index (χ4n) is 0.838. The zero-order chi connectivity index (χ0) is 9.14. The molecule has 0 saturated carbocycles. The van der Waals surface area contributed by atoms with E-state index in [1.165, 1.54) is 0 Å². The van der Waals surface area contributed by atoms with Gasteiger partial charge < -0.3 is 5.32 Å². The predicted octanol–water partition coefficient (Wildman–Crippen LogP) is 2.18. The smallest absolute Gasteiger partial charge is 0.167 e. The maximum atomic E-state index is 12.8. The summed E-state index contributed by atoms with van der Waals surface area (Å²) in [5.74, 6) is -1.33. The van der Waals surface area contributed by atoms with Crippen molar-refractivity contribution in [2.24, 2.45) is 0 Å². The second-order valence-electron chi connectivity index (χ2n) is 2.78. The molecule has 12 heavy (non-hydrogen) atoms. The van der Waals surface area contributed by atoms with Crippen LogP contribution in [0.5, 0.6) is 0 Å². The Labute approximate surface area is 69.6 Å². The lowest BCUT2D eigenvalue weighted by atomic mass is 10.3. The topological polar surface area (TPSA) is 24.9 Å². The Morgan fingerprint density at radius 1 is 1.25 bits per heavy atom. The van der Waals surface area contributed by atoms with Crippen molar-refractivity contribution in [2.75, 3.05) is 5.32 Å². The molecule has 1 rings (SSSR count). The van der Waals surface area contributed by atoms with E-state index in [9.17, 15) is 8.78 Å². The fourth-order valence-corrected chi connectivity index (χ4v) is 0.838. The normalized spacial score (nSPS) is 10.4. The molecular formula is C8H10F2N2. The average Bonchev–Trinajstić information content (AvgIpc) is 1.97. The van der Waals surface area contributed by atoms with Gasteiger partial charge in [0, 0.05) is 6.04 Å². The molecule has 0 aromatic carbocycles. The Hall–Kier alpha value is -1.19. The molecule has 1 aromatic heterocycles. The summed E-state index contributed by atoms with van der Waals surface area (Å²) in [5, 5.41) is 2.65. The number of hydrogen-bond acceptors (Lipinski definition) is 2. The third-order valence-electron chi connectivity index (χ3n) is 1.29. The van der Waals surface area contributed by atoms with Crippen molar-refractivity contribution >= 4 is 5.69 Å². The van der Waals surface area contributed by atoms with Crippen molar-refractivity contribution in [1.29, 1.82) is 0 Å². The SMILES string of the molecule is CC(C)Nc1c(F)cncc1F. The number of nitrogens with zero attached hydrogens (tertiary/aromatic N) is 1. The molecule has 0 amide bonds. The van der Waals surface area contributed by atoms with Crippen LogP contribution in [0.1, 0.15) is 13.8 Å². The van der Waals surface area contributed by atoms with E-state index >= 15 is 0 Å². The van der Waals surface area contributed by atoms with Crippen LogP contribution >= 0.6 is 0 Å². The highest BCUT2D eigenvalue weighted by atomic mass is 19.1. The van der Waals surface area contributed by atoms with E-state index in [-0.39, 0.29) is 11.7 Å². The van der Waals surface area contributed by atoms with Gasteiger partial charge in [-0.15, -0.1) is 0 Å². The van der Waals surface area contributed by atoms with E-state index in [1.54, 1.807) is 13.8 Å². The minimum Gasteiger partial charge on any atom is -0.378 e. The van der Waals surface area contributed by atoms with Crippen molar-refractivity contribution in [3.8, 4) is 0 Å². The molecule has 0 aliphatic rings. The maximum absolute atomic E-state index is 12.8. The second-order valence-corrected chi connectivity index (χ2v) is 2.78. The van der Waals surface area contributed by atoms with Crippen molar-refractivity contribution in [2.45, 2.75) is 19.9 Å². The van der Waals surface area contributed by atoms with Gasteiger partial charge in [-0.1, -0.05) is 0 Å². The summed E-state index contributed by atoms with van der Waals surface area (Å²) in [5.41, 5.74) is -0.111. The highest BCUT2D eigenvalue weighted by Crippen LogP contribution is 2.16. The van der Waals surface area contributed by atoms with Crippen LogP contribution in [0.2, 0.25) is 0 Å². The Morgan fingerprint density at radius 3 is 2.17 bits per heavy atom. The predicted molar refractivity (Wildman–Crippen MR) is 42.9 cm³/mol. The lowest BCUT2D eigenvalue weighted by molar-refractivity contribution is 0.575. The van der Waals surface area contributed by atoms with E-state index in [2.05, 4.69) is 10.3 Å². The molecule has 0 unspecified atom stereocenters. The molecule has 0 radical (unpaired) electrons. The molecule has 4 heteroatoms. The Morgan fingerprint density at radius 2 is 1.75 bits per heavy atom. The highest BCUT2D eigenvalue weighted by molar-refractivity contribution is 5.44. The lowest BCUT2D eigenvalue weighted by Crippen LogP contribution is -2.12. The number of anilines is 1. The van der Waals surface area contributed by atoms with Gasteiger partial charge in [0.25, 0.3) is 0 Å². The number of pyridine rings is 1. The van der Waals surface area contributed by atoms with Gasteiger partial charge in [0.05, 0.1) is 12.4 Å². The highest BCUT2D eigenvalue weighted by Gasteiger charge is 2.08. The lowest BCUT2D eigenvalue weighted by Gasteiger charge is -2.10. The third-order valence-corrected chi connectivity index (χ3v) is 1.29. The molecule has 1 aromatic rings. The number of aromatic nitrogens is 1. The fraction of sp³-hybridized carbons (Fsp3) is 0.375. The van der Waals surface area contributed by atoms with E-state index in [0.717, 1.165) is 12.4 Å². The first-order chi connectivity index (χ1) is 5.61. The van der Waals surface area contributed by atoms with Crippen LogP contribution in [0.4, 0.5) is 14.5 Å². The number of halogens is 2. The van der Waals surface area contributed by atoms with Crippen molar-refractivity contribution < 1.29 is 8.78 Å². The third kappa shape index (κ3) is 1.90. The summed E-state index contributed by atoms with van der Waals surface area (Å²) >= 11 is 0. The quantitative estimate of drug-likeness (QED) is 0.739. The van der Waals surface area contributed by atoms with Gasteiger partial charge in [-0.05, 0) is 13.8 Å². The molecule has 1 heterocycles. The van der Waals surface area contributed by atoms with Crippen LogP contribution in [0.25, 0.3) is 0 Å². The number of hydrogen-bond donors (Lipinski definition) is 1. The molecule has 0 spiro atoms. The Balaban J connectivity index is 2.96. The summed E-state index contributed by atoms with van der Waals surface area (Å²) in [6, 6.07) is -0.00333. The van der Waals surface area contributed by atoms with E-state index in [0.29, 0.717) is 0 Å². The molecule has 1 N–H and O–H groups in total. The van der Waals surface area contributed by atoms with Gasteiger partial charge in [0.15, 0.2) is 11.6 Å². The summed E-state index contributed by atoms with van der Waals surface area (Å²) in [6.45, 7) is 3.61. The van der Waals surface area contributed by atoms with Gasteiger partial charge in [-0.3, -0.25) is 4.98 Å². The van der Waals surface area contributed by atoms with Crippen LogP contribution in [-0.2, 0) is 0 Å². The minimum atomic E-state index is -0.663. The first-order valence-corrected chi connectivity index (χ1v) is 3.67. The summed E-state index contributed by atoms with van der Waals surface area (Å²) in [7, 11) is 0. The molecule has 0 saturated heterocycles. The van der Waals surface area contributed by atoms with Crippen molar-refractivity contribution in [3.63, 3.8) is 0 Å². The monoisotopic (exact) mass is 172 g/mol. The zero-order valence-corrected chi connectivity index (χ0v) is 6.94. The summed E-state index contributed by atoms with van der Waals surface area (Å²) in [4.78, 5) is 3.36. The first kappa shape index (κ1) is 8.90. The van der Waals surface area contributed by atoms with Crippen molar-refractivity contribution in [1.82, 2.24) is 4.98 Å². The van der Waals surface area contributed by atoms with Crippen LogP contribution < -0.4 is 5.32 Å². The summed E-state index contributed by atoms with van der Waals surface area (Å²) in [6.07, 6.45) is 1.96. The van der Waals surface area contributed by atoms with Gasteiger partial charge >= 0.3 is 0 Å². The molecule has 0 atom stereocenters. The van der Waals surface area contributed by atoms with Gasteiger partial charge in [-0.2, -0.15) is 0 Å². The van der Waals surface area contributed by atoms with Crippen LogP contribution in [0.15, 0.2) is 12.4 Å². The van der Waals surface area contributed by atoms with Crippen LogP contribution in [-0.4, -0.2) is 11.0 Å². The van der Waals surface area contributed by atoms with E-state index < -0.39 is 11.6 Å². The molecular weight excluding hydrogens is 162 g/mol. The van der Waals surface area contributed by atoms with Crippen LogP contribution in [0.3, 0.4) is 0 Å². The molecule has 0 aliphatic carbocycles. The molecule has 0 fully saturated rings. The zero-order valence-electron chi connectivity index (χ0n) is 6.94. The first-order valence-electron chi connectivity index (χ1n) is 3.67. The average molecular weight is 172 g/mol. The minimum absolute atomic E-state index is 0.00333. The molecule has 66 valence electrons. The maximum Gasteiger partial charge on any atom is 0.167 e. The largest absolute Gasteiger partial charge is 0.378 e. The van der Waals surface area contributed by atoms with Gasteiger partial charge in [0.2, 0.25) is 0 Å². The number of rotatable bonds is 2. The van der Waals surface area contributed by atoms with Crippen LogP contribution in [0, 0.1) is 11.6 Å². The standard InChI is InChI=1S/C8H10F2N2/c1-5(2)12-8-6(9)3-11-4-7(8)10/h3-5H,1-2H3,(H,11,12).